The molecule has 0 bridgehead atoms. The van der Waals surface area contributed by atoms with E-state index in [9.17, 15) is 4.79 Å². The zero-order valence-electron chi connectivity index (χ0n) is 13.6. The van der Waals surface area contributed by atoms with Gasteiger partial charge in [0.25, 0.3) is 0 Å². The zero-order chi connectivity index (χ0) is 16.6. The summed E-state index contributed by atoms with van der Waals surface area (Å²) in [5.41, 5.74) is 1.66. The Bertz CT molecular complexity index is 720. The molecule has 1 aliphatic rings. The Morgan fingerprint density at radius 3 is 2.87 bits per heavy atom. The van der Waals surface area contributed by atoms with Crippen LogP contribution in [0.5, 0.6) is 0 Å². The molecule has 1 fully saturated rings. The fraction of sp³-hybridized carbons (Fsp3) is 0.471. The number of rotatable bonds is 1. The third-order valence-corrected chi connectivity index (χ3v) is 4.34. The van der Waals surface area contributed by atoms with E-state index in [1.54, 1.807) is 4.90 Å². The zero-order valence-corrected chi connectivity index (χ0v) is 15.2. The summed E-state index contributed by atoms with van der Waals surface area (Å²) in [7, 11) is 0. The van der Waals surface area contributed by atoms with Crippen molar-refractivity contribution in [2.45, 2.75) is 32.5 Å². The Balaban J connectivity index is 1.77. The van der Waals surface area contributed by atoms with Gasteiger partial charge in [-0.25, -0.2) is 4.79 Å². The number of carbonyl (C=O) groups is 1. The van der Waals surface area contributed by atoms with Gasteiger partial charge in [0.05, 0.1) is 17.8 Å². The lowest BCUT2D eigenvalue weighted by molar-refractivity contribution is -0.0432. The first-order valence-electron chi connectivity index (χ1n) is 7.69. The van der Waals surface area contributed by atoms with Crippen LogP contribution in [0.15, 0.2) is 35.1 Å². The highest BCUT2D eigenvalue weighted by molar-refractivity contribution is 9.10. The monoisotopic (exact) mass is 380 g/mol. The van der Waals surface area contributed by atoms with Gasteiger partial charge in [-0.05, 0) is 54.9 Å². The molecule has 5 nitrogen and oxygen atoms in total. The van der Waals surface area contributed by atoms with Crippen molar-refractivity contribution < 1.29 is 14.3 Å². The van der Waals surface area contributed by atoms with Crippen LogP contribution in [0.4, 0.5) is 4.79 Å². The minimum absolute atomic E-state index is 0.136. The van der Waals surface area contributed by atoms with E-state index >= 15 is 0 Å². The maximum atomic E-state index is 12.3. The van der Waals surface area contributed by atoms with Gasteiger partial charge >= 0.3 is 6.09 Å². The highest BCUT2D eigenvalue weighted by Gasteiger charge is 2.29. The van der Waals surface area contributed by atoms with Gasteiger partial charge in [-0.1, -0.05) is 6.07 Å². The van der Waals surface area contributed by atoms with Gasteiger partial charge in [-0.3, -0.25) is 0 Å². The number of ether oxygens (including phenoxy) is 2. The number of aromatic nitrogens is 1. The number of morpholine rings is 1. The normalized spacial score (nSPS) is 19.1. The average Bonchev–Trinajstić information content (AvgIpc) is 2.91. The van der Waals surface area contributed by atoms with E-state index in [-0.39, 0.29) is 12.2 Å². The molecule has 0 aliphatic carbocycles. The number of hydrogen-bond acceptors (Lipinski definition) is 3. The molecule has 124 valence electrons. The number of amides is 1. The van der Waals surface area contributed by atoms with Crippen molar-refractivity contribution in [3.8, 4) is 0 Å². The van der Waals surface area contributed by atoms with Crippen molar-refractivity contribution in [2.24, 2.45) is 0 Å². The van der Waals surface area contributed by atoms with Gasteiger partial charge in [0.15, 0.2) is 0 Å². The molecule has 1 saturated heterocycles. The average molecular weight is 381 g/mol. The molecule has 2 aromatic heterocycles. The molecule has 1 atom stereocenters. The van der Waals surface area contributed by atoms with Crippen LogP contribution in [-0.4, -0.2) is 40.7 Å². The standard InChI is InChI=1S/C17H21BrN2O3/c1-17(2,3)23-16(21)19-7-8-22-14(11-19)12-9-13-5-4-6-15(18)20(13)10-12/h4-6,9-10,14H,7-8,11H2,1-3H3/t14-/m0/s1. The molecule has 6 heteroatoms. The van der Waals surface area contributed by atoms with Crippen LogP contribution in [-0.2, 0) is 9.47 Å². The molecule has 0 spiro atoms. The van der Waals surface area contributed by atoms with E-state index in [4.69, 9.17) is 9.47 Å². The first kappa shape index (κ1) is 16.3. The van der Waals surface area contributed by atoms with Gasteiger partial charge in [0.1, 0.15) is 11.7 Å². The minimum Gasteiger partial charge on any atom is -0.444 e. The molecule has 3 heterocycles. The van der Waals surface area contributed by atoms with Gasteiger partial charge in [-0.2, -0.15) is 0 Å². The van der Waals surface area contributed by atoms with Crippen LogP contribution in [0.25, 0.3) is 5.52 Å². The van der Waals surface area contributed by atoms with Crippen LogP contribution in [0, 0.1) is 0 Å². The molecular weight excluding hydrogens is 360 g/mol. The van der Waals surface area contributed by atoms with E-state index in [0.717, 1.165) is 15.7 Å². The Labute approximate surface area is 144 Å². The largest absolute Gasteiger partial charge is 0.444 e. The smallest absolute Gasteiger partial charge is 0.410 e. The second-order valence-electron chi connectivity index (χ2n) is 6.70. The topological polar surface area (TPSA) is 43.2 Å². The number of hydrogen-bond donors (Lipinski definition) is 0. The summed E-state index contributed by atoms with van der Waals surface area (Å²) in [6.07, 6.45) is 1.63. The molecule has 1 amide bonds. The van der Waals surface area contributed by atoms with E-state index in [0.29, 0.717) is 19.7 Å². The molecule has 23 heavy (non-hydrogen) atoms. The molecule has 0 unspecified atom stereocenters. The third kappa shape index (κ3) is 3.70. The van der Waals surface area contributed by atoms with Crippen molar-refractivity contribution in [1.29, 1.82) is 0 Å². The van der Waals surface area contributed by atoms with Crippen LogP contribution in [0.3, 0.4) is 0 Å². The van der Waals surface area contributed by atoms with E-state index in [1.807, 2.05) is 45.2 Å². The van der Waals surface area contributed by atoms with Crippen molar-refractivity contribution >= 4 is 27.5 Å². The van der Waals surface area contributed by atoms with Crippen LogP contribution < -0.4 is 0 Å². The molecule has 0 N–H and O–H groups in total. The first-order chi connectivity index (χ1) is 10.8. The molecule has 3 rings (SSSR count). The van der Waals surface area contributed by atoms with Crippen LogP contribution in [0.2, 0.25) is 0 Å². The van der Waals surface area contributed by atoms with Gasteiger partial charge in [0, 0.05) is 23.8 Å². The maximum absolute atomic E-state index is 12.3. The molecule has 0 saturated carbocycles. The number of fused-ring (bicyclic) bond motifs is 1. The highest BCUT2D eigenvalue weighted by atomic mass is 79.9. The SMILES string of the molecule is CC(C)(C)OC(=O)N1CCO[C@H](c2cc3cccc(Br)n3c2)C1. The van der Waals surface area contributed by atoms with E-state index in [2.05, 4.69) is 26.4 Å². The van der Waals surface area contributed by atoms with Crippen LogP contribution in [0.1, 0.15) is 32.4 Å². The Hall–Kier alpha value is -1.53. The third-order valence-electron chi connectivity index (χ3n) is 3.69. The lowest BCUT2D eigenvalue weighted by atomic mass is 10.1. The highest BCUT2D eigenvalue weighted by Crippen LogP contribution is 2.27. The number of halogens is 1. The Kier molecular flexibility index (Phi) is 4.38. The van der Waals surface area contributed by atoms with Crippen molar-refractivity contribution in [1.82, 2.24) is 9.30 Å². The number of pyridine rings is 1. The summed E-state index contributed by atoms with van der Waals surface area (Å²) in [4.78, 5) is 14.0. The molecule has 0 radical (unpaired) electrons. The molecule has 2 aromatic rings. The summed E-state index contributed by atoms with van der Waals surface area (Å²) in [6, 6.07) is 8.13. The second kappa shape index (κ2) is 6.17. The summed E-state index contributed by atoms with van der Waals surface area (Å²) in [6.45, 7) is 7.20. The predicted molar refractivity (Wildman–Crippen MR) is 91.6 cm³/mol. The molecule has 0 aromatic carbocycles. The Morgan fingerprint density at radius 2 is 2.17 bits per heavy atom. The van der Waals surface area contributed by atoms with Crippen molar-refractivity contribution in [3.63, 3.8) is 0 Å². The second-order valence-corrected chi connectivity index (χ2v) is 7.52. The van der Waals surface area contributed by atoms with E-state index in [1.165, 1.54) is 0 Å². The van der Waals surface area contributed by atoms with Crippen molar-refractivity contribution in [3.05, 3.63) is 40.6 Å². The molecular formula is C17H21BrN2O3. The summed E-state index contributed by atoms with van der Waals surface area (Å²) in [5, 5.41) is 0. The molecule has 1 aliphatic heterocycles. The number of carbonyl (C=O) groups excluding carboxylic acids is 1. The fourth-order valence-corrected chi connectivity index (χ4v) is 3.10. The minimum atomic E-state index is -0.486. The van der Waals surface area contributed by atoms with E-state index < -0.39 is 5.60 Å². The first-order valence-corrected chi connectivity index (χ1v) is 8.49. The number of nitrogens with zero attached hydrogens (tertiary/aromatic N) is 2. The lowest BCUT2D eigenvalue weighted by Crippen LogP contribution is -2.44. The summed E-state index contributed by atoms with van der Waals surface area (Å²) >= 11 is 3.54. The van der Waals surface area contributed by atoms with Gasteiger partial charge < -0.3 is 18.8 Å². The van der Waals surface area contributed by atoms with Crippen molar-refractivity contribution in [2.75, 3.05) is 19.7 Å². The summed E-state index contributed by atoms with van der Waals surface area (Å²) < 4.78 is 14.4. The Morgan fingerprint density at radius 1 is 1.39 bits per heavy atom. The summed E-state index contributed by atoms with van der Waals surface area (Å²) in [5.74, 6) is 0. The van der Waals surface area contributed by atoms with Gasteiger partial charge in [0.2, 0.25) is 0 Å². The van der Waals surface area contributed by atoms with Gasteiger partial charge in [-0.15, -0.1) is 0 Å². The van der Waals surface area contributed by atoms with Crippen LogP contribution >= 0.6 is 15.9 Å². The predicted octanol–water partition coefficient (Wildman–Crippen LogP) is 4.01. The lowest BCUT2D eigenvalue weighted by Gasteiger charge is -2.34. The fourth-order valence-electron chi connectivity index (χ4n) is 2.64. The maximum Gasteiger partial charge on any atom is 0.410 e. The quantitative estimate of drug-likeness (QED) is 0.701.